The summed E-state index contributed by atoms with van der Waals surface area (Å²) in [4.78, 5) is 11.4. The molecule has 94 valence electrons. The van der Waals surface area contributed by atoms with E-state index in [1.54, 1.807) is 18.2 Å². The van der Waals surface area contributed by atoms with E-state index in [4.69, 9.17) is 17.3 Å². The van der Waals surface area contributed by atoms with Gasteiger partial charge in [0.15, 0.2) is 5.69 Å². The number of rotatable bonds is 3. The molecule has 1 amide bonds. The molecule has 0 bridgehead atoms. The van der Waals surface area contributed by atoms with Crippen LogP contribution < -0.4 is 11.1 Å². The Morgan fingerprint density at radius 3 is 2.72 bits per heavy atom. The lowest BCUT2D eigenvalue weighted by molar-refractivity contribution is 0.0995. The molecule has 0 unspecified atom stereocenters. The Labute approximate surface area is 109 Å². The van der Waals surface area contributed by atoms with Gasteiger partial charge in [-0.25, -0.2) is 0 Å². The van der Waals surface area contributed by atoms with Gasteiger partial charge in [-0.05, 0) is 32.0 Å². The molecule has 0 fully saturated rings. The van der Waals surface area contributed by atoms with Crippen molar-refractivity contribution >= 4 is 34.1 Å². The highest BCUT2D eigenvalue weighted by molar-refractivity contribution is 6.31. The highest BCUT2D eigenvalue weighted by atomic mass is 35.5. The molecule has 0 aliphatic heterocycles. The molecule has 5 nitrogen and oxygen atoms in total. The summed E-state index contributed by atoms with van der Waals surface area (Å²) < 4.78 is 0. The Hall–Kier alpha value is -1.88. The second kappa shape index (κ2) is 4.78. The maximum absolute atomic E-state index is 11.4. The summed E-state index contributed by atoms with van der Waals surface area (Å²) in [5.74, 6) is -0.618. The molecule has 0 radical (unpaired) electrons. The first-order valence-corrected chi connectivity index (χ1v) is 5.89. The van der Waals surface area contributed by atoms with Gasteiger partial charge >= 0.3 is 0 Å². The van der Waals surface area contributed by atoms with Gasteiger partial charge in [0.05, 0.1) is 11.2 Å². The largest absolute Gasteiger partial charge is 0.380 e. The SMILES string of the molecule is CC(C)Nc1c(C(N)=O)nnc2ccc(Cl)cc12. The fourth-order valence-corrected chi connectivity index (χ4v) is 1.86. The predicted octanol–water partition coefficient (Wildman–Crippen LogP) is 2.20. The van der Waals surface area contributed by atoms with Crippen molar-refractivity contribution in [2.24, 2.45) is 5.73 Å². The number of halogens is 1. The lowest BCUT2D eigenvalue weighted by Crippen LogP contribution is -2.20. The van der Waals surface area contributed by atoms with Gasteiger partial charge < -0.3 is 11.1 Å². The van der Waals surface area contributed by atoms with Gasteiger partial charge in [-0.1, -0.05) is 11.6 Å². The van der Waals surface area contributed by atoms with Crippen LogP contribution in [-0.4, -0.2) is 22.1 Å². The second-order valence-corrected chi connectivity index (χ2v) is 4.68. The molecule has 1 aromatic carbocycles. The van der Waals surface area contributed by atoms with Crippen molar-refractivity contribution in [3.05, 3.63) is 28.9 Å². The molecule has 1 heterocycles. The zero-order valence-corrected chi connectivity index (χ0v) is 10.8. The molecule has 0 aliphatic rings. The number of amides is 1. The molecular formula is C12H13ClN4O. The normalized spacial score (nSPS) is 10.9. The molecule has 0 atom stereocenters. The third-order valence-corrected chi connectivity index (χ3v) is 2.62. The Kier molecular flexibility index (Phi) is 3.34. The van der Waals surface area contributed by atoms with Crippen LogP contribution in [-0.2, 0) is 0 Å². The van der Waals surface area contributed by atoms with E-state index in [0.29, 0.717) is 16.2 Å². The molecule has 2 rings (SSSR count). The maximum Gasteiger partial charge on any atom is 0.271 e. The van der Waals surface area contributed by atoms with Crippen LogP contribution in [0.25, 0.3) is 10.9 Å². The van der Waals surface area contributed by atoms with Crippen molar-refractivity contribution < 1.29 is 4.79 Å². The fourth-order valence-electron chi connectivity index (χ4n) is 1.68. The zero-order chi connectivity index (χ0) is 13.3. The Bertz CT molecular complexity index is 612. The summed E-state index contributed by atoms with van der Waals surface area (Å²) in [5, 5.41) is 12.3. The standard InChI is InChI=1S/C12H13ClN4O/c1-6(2)15-10-8-5-7(13)3-4-9(8)16-17-11(10)12(14)18/h3-6H,1-2H3,(H2,14,18)(H,15,16). The van der Waals surface area contributed by atoms with E-state index in [2.05, 4.69) is 15.5 Å². The molecule has 0 saturated carbocycles. The first kappa shape index (κ1) is 12.6. The van der Waals surface area contributed by atoms with Crippen LogP contribution in [0.1, 0.15) is 24.3 Å². The number of primary amides is 1. The smallest absolute Gasteiger partial charge is 0.271 e. The van der Waals surface area contributed by atoms with E-state index < -0.39 is 5.91 Å². The Morgan fingerprint density at radius 2 is 2.11 bits per heavy atom. The number of aromatic nitrogens is 2. The van der Waals surface area contributed by atoms with Crippen molar-refractivity contribution in [3.63, 3.8) is 0 Å². The van der Waals surface area contributed by atoms with E-state index in [-0.39, 0.29) is 11.7 Å². The van der Waals surface area contributed by atoms with Crippen molar-refractivity contribution in [2.75, 3.05) is 5.32 Å². The first-order chi connectivity index (χ1) is 8.49. The van der Waals surface area contributed by atoms with Crippen LogP contribution in [0.15, 0.2) is 18.2 Å². The Balaban J connectivity index is 2.74. The lowest BCUT2D eigenvalue weighted by atomic mass is 10.1. The number of fused-ring (bicyclic) bond motifs is 1. The lowest BCUT2D eigenvalue weighted by Gasteiger charge is -2.14. The highest BCUT2D eigenvalue weighted by Gasteiger charge is 2.16. The minimum absolute atomic E-state index is 0.124. The van der Waals surface area contributed by atoms with Crippen LogP contribution in [0.5, 0.6) is 0 Å². The molecule has 0 spiro atoms. The number of anilines is 1. The number of nitrogens with zero attached hydrogens (tertiary/aromatic N) is 2. The third-order valence-electron chi connectivity index (χ3n) is 2.39. The molecule has 2 aromatic rings. The first-order valence-electron chi connectivity index (χ1n) is 5.51. The summed E-state index contributed by atoms with van der Waals surface area (Å²) in [7, 11) is 0. The summed E-state index contributed by atoms with van der Waals surface area (Å²) in [6.07, 6.45) is 0. The number of hydrogen-bond donors (Lipinski definition) is 2. The van der Waals surface area contributed by atoms with E-state index in [9.17, 15) is 4.79 Å². The van der Waals surface area contributed by atoms with E-state index >= 15 is 0 Å². The number of carbonyl (C=O) groups excluding carboxylic acids is 1. The van der Waals surface area contributed by atoms with Crippen molar-refractivity contribution in [2.45, 2.75) is 19.9 Å². The topological polar surface area (TPSA) is 80.9 Å². The van der Waals surface area contributed by atoms with Crippen molar-refractivity contribution in [1.82, 2.24) is 10.2 Å². The molecule has 1 aromatic heterocycles. The van der Waals surface area contributed by atoms with E-state index in [1.165, 1.54) is 0 Å². The maximum atomic E-state index is 11.4. The molecule has 3 N–H and O–H groups in total. The molecule has 6 heteroatoms. The average molecular weight is 265 g/mol. The quantitative estimate of drug-likeness (QED) is 0.891. The van der Waals surface area contributed by atoms with E-state index in [0.717, 1.165) is 5.39 Å². The number of nitrogens with one attached hydrogen (secondary N) is 1. The van der Waals surface area contributed by atoms with Crippen LogP contribution in [0.2, 0.25) is 5.02 Å². The number of hydrogen-bond acceptors (Lipinski definition) is 4. The third kappa shape index (κ3) is 2.36. The van der Waals surface area contributed by atoms with Gasteiger partial charge in [0.1, 0.15) is 0 Å². The molecular weight excluding hydrogens is 252 g/mol. The number of benzene rings is 1. The van der Waals surface area contributed by atoms with Gasteiger partial charge in [0.2, 0.25) is 0 Å². The summed E-state index contributed by atoms with van der Waals surface area (Å²) in [6, 6.07) is 5.35. The van der Waals surface area contributed by atoms with Crippen LogP contribution in [0.3, 0.4) is 0 Å². The second-order valence-electron chi connectivity index (χ2n) is 4.25. The van der Waals surface area contributed by atoms with Crippen LogP contribution in [0.4, 0.5) is 5.69 Å². The summed E-state index contributed by atoms with van der Waals surface area (Å²) >= 11 is 5.97. The average Bonchev–Trinajstić information content (AvgIpc) is 2.28. The van der Waals surface area contributed by atoms with Gasteiger partial charge in [-0.15, -0.1) is 10.2 Å². The summed E-state index contributed by atoms with van der Waals surface area (Å²) in [5.41, 5.74) is 6.66. The van der Waals surface area contributed by atoms with Crippen molar-refractivity contribution in [3.8, 4) is 0 Å². The van der Waals surface area contributed by atoms with Gasteiger partial charge in [0.25, 0.3) is 5.91 Å². The van der Waals surface area contributed by atoms with Crippen LogP contribution in [0, 0.1) is 0 Å². The van der Waals surface area contributed by atoms with Gasteiger partial charge in [-0.2, -0.15) is 0 Å². The van der Waals surface area contributed by atoms with Crippen molar-refractivity contribution in [1.29, 1.82) is 0 Å². The number of nitrogens with two attached hydrogens (primary N) is 1. The molecule has 0 aliphatic carbocycles. The van der Waals surface area contributed by atoms with E-state index in [1.807, 2.05) is 13.8 Å². The monoisotopic (exact) mass is 264 g/mol. The minimum Gasteiger partial charge on any atom is -0.380 e. The molecule has 18 heavy (non-hydrogen) atoms. The Morgan fingerprint density at radius 1 is 1.39 bits per heavy atom. The minimum atomic E-state index is -0.618. The highest BCUT2D eigenvalue weighted by Crippen LogP contribution is 2.27. The zero-order valence-electron chi connectivity index (χ0n) is 10.1. The summed E-state index contributed by atoms with van der Waals surface area (Å²) in [6.45, 7) is 3.92. The predicted molar refractivity (Wildman–Crippen MR) is 71.8 cm³/mol. The van der Waals surface area contributed by atoms with Gasteiger partial charge in [0, 0.05) is 16.5 Å². The molecule has 0 saturated heterocycles. The van der Waals surface area contributed by atoms with Gasteiger partial charge in [-0.3, -0.25) is 4.79 Å². The number of carbonyl (C=O) groups is 1. The fraction of sp³-hybridized carbons (Fsp3) is 0.250. The van der Waals surface area contributed by atoms with Crippen LogP contribution >= 0.6 is 11.6 Å².